The van der Waals surface area contributed by atoms with E-state index in [1.54, 1.807) is 0 Å². The second-order valence-corrected chi connectivity index (χ2v) is 24.4. The van der Waals surface area contributed by atoms with Crippen LogP contribution >= 0.6 is 0 Å². The van der Waals surface area contributed by atoms with Crippen molar-refractivity contribution in [2.24, 2.45) is 0 Å². The lowest BCUT2D eigenvalue weighted by atomic mass is 10.0. The highest BCUT2D eigenvalue weighted by Crippen LogP contribution is 2.39. The molecule has 0 saturated heterocycles. The number of benzene rings is 13. The molecule has 18 rings (SSSR count). The van der Waals surface area contributed by atoms with E-state index in [0.717, 1.165) is 105 Å². The first kappa shape index (κ1) is 62.2. The molecule has 13 nitrogen and oxygen atoms in total. The van der Waals surface area contributed by atoms with Gasteiger partial charge in [-0.1, -0.05) is 346 Å². The molecular weight excluding hydrogens is 1260 g/mol. The summed E-state index contributed by atoms with van der Waals surface area (Å²) in [5.41, 5.74) is 16.4. The zero-order chi connectivity index (χ0) is 68.7. The topological polar surface area (TPSA) is 160 Å². The monoisotopic (exact) mass is 1320 g/mol. The number of hydrogen-bond acceptors (Lipinski definition) is 12. The van der Waals surface area contributed by atoms with Crippen molar-refractivity contribution in [2.75, 3.05) is 0 Å². The Morgan fingerprint density at radius 3 is 0.728 bits per heavy atom. The van der Waals surface area contributed by atoms with Crippen LogP contribution in [0.15, 0.2) is 358 Å². The summed E-state index contributed by atoms with van der Waals surface area (Å²) < 4.78 is 2.18. The van der Waals surface area contributed by atoms with E-state index < -0.39 is 0 Å². The molecule has 0 bridgehead atoms. The molecule has 103 heavy (non-hydrogen) atoms. The Bertz CT molecular complexity index is 5880. The van der Waals surface area contributed by atoms with Crippen molar-refractivity contribution >= 4 is 21.8 Å². The molecule has 18 aromatic rings. The van der Waals surface area contributed by atoms with Crippen molar-refractivity contribution < 1.29 is 0 Å². The molecule has 0 aliphatic heterocycles. The van der Waals surface area contributed by atoms with Crippen molar-refractivity contribution in [3.05, 3.63) is 358 Å². The van der Waals surface area contributed by atoms with Gasteiger partial charge in [-0.3, -0.25) is 4.57 Å². The van der Waals surface area contributed by atoms with Crippen LogP contribution in [0.4, 0.5) is 0 Å². The number of fused-ring (bicyclic) bond motifs is 3. The van der Waals surface area contributed by atoms with Crippen LogP contribution in [0.1, 0.15) is 0 Å². The molecule has 13 aromatic carbocycles. The van der Waals surface area contributed by atoms with Crippen molar-refractivity contribution in [2.45, 2.75) is 0 Å². The van der Waals surface area contributed by atoms with Crippen molar-refractivity contribution in [1.82, 2.24) is 64.4 Å². The van der Waals surface area contributed by atoms with E-state index in [9.17, 15) is 0 Å². The molecular formula is C90H59N13. The molecule has 0 aliphatic carbocycles. The minimum Gasteiger partial charge on any atom is -0.277 e. The highest BCUT2D eigenvalue weighted by molar-refractivity contribution is 6.13. The summed E-state index contributed by atoms with van der Waals surface area (Å²) in [6.45, 7) is 0. The molecule has 0 spiro atoms. The van der Waals surface area contributed by atoms with Gasteiger partial charge in [0.2, 0.25) is 5.95 Å². The Labute approximate surface area is 594 Å². The normalized spacial score (nSPS) is 11.1. The third kappa shape index (κ3) is 13.2. The maximum Gasteiger partial charge on any atom is 0.238 e. The first-order valence-electron chi connectivity index (χ1n) is 33.9. The quantitative estimate of drug-likeness (QED) is 0.102. The van der Waals surface area contributed by atoms with Gasteiger partial charge in [-0.25, -0.2) is 49.8 Å². The first-order valence-corrected chi connectivity index (χ1v) is 33.9. The van der Waals surface area contributed by atoms with Crippen molar-refractivity contribution in [1.29, 1.82) is 0 Å². The predicted octanol–water partition coefficient (Wildman–Crippen LogP) is 20.9. The van der Waals surface area contributed by atoms with Gasteiger partial charge >= 0.3 is 0 Å². The Morgan fingerprint density at radius 2 is 0.388 bits per heavy atom. The standard InChI is InChI=1S/C48H31N7.C42H28N6/c1-5-16-32(17-6-1)38-25-15-26-40-39-24-13-14-27-41(39)55(42(38)40)48-53-46(35-22-11-4-12-23-35)52-47(54-48)37-30-28-36(29-31-37)45-50-43(33-18-7-2-8-19-33)49-44(51-45)34-20-9-3-10-21-34;1-5-14-29(15-6-1)35-22-13-23-36(28-35)42-47-39(32-20-11-4-12-21-32)46-41(48-42)34-26-24-33(25-27-34)40-44-37(30-16-7-2-8-17-30)43-38(45-40)31-18-9-3-10-19-31/h1-31H;1-28H. The van der Waals surface area contributed by atoms with Crippen LogP contribution in [0.5, 0.6) is 0 Å². The second-order valence-electron chi connectivity index (χ2n) is 24.4. The van der Waals surface area contributed by atoms with Gasteiger partial charge < -0.3 is 0 Å². The maximum atomic E-state index is 5.22. The molecule has 5 aromatic heterocycles. The minimum atomic E-state index is 0.542. The molecule has 0 unspecified atom stereocenters. The number of para-hydroxylation sites is 2. The lowest BCUT2D eigenvalue weighted by Gasteiger charge is -2.13. The van der Waals surface area contributed by atoms with Crippen molar-refractivity contribution in [3.63, 3.8) is 0 Å². The molecule has 13 heteroatoms. The van der Waals surface area contributed by atoms with Crippen LogP contribution in [0.25, 0.3) is 175 Å². The maximum absolute atomic E-state index is 5.22. The van der Waals surface area contributed by atoms with Crippen LogP contribution in [-0.4, -0.2) is 64.4 Å². The second kappa shape index (κ2) is 28.3. The molecule has 0 saturated carbocycles. The Hall–Kier alpha value is -14.3. The fraction of sp³-hybridized carbons (Fsp3) is 0. The van der Waals surface area contributed by atoms with E-state index in [-0.39, 0.29) is 0 Å². The fourth-order valence-electron chi connectivity index (χ4n) is 12.6. The van der Waals surface area contributed by atoms with Gasteiger partial charge in [0.25, 0.3) is 0 Å². The Kier molecular flexibility index (Phi) is 17.1. The molecule has 0 radical (unpaired) electrons. The number of hydrogen-bond donors (Lipinski definition) is 0. The molecule has 0 amide bonds. The van der Waals surface area contributed by atoms with Gasteiger partial charge in [-0.15, -0.1) is 0 Å². The van der Waals surface area contributed by atoms with E-state index in [0.29, 0.717) is 70.0 Å². The van der Waals surface area contributed by atoms with Gasteiger partial charge in [0.1, 0.15) is 0 Å². The number of aromatic nitrogens is 13. The lowest BCUT2D eigenvalue weighted by molar-refractivity contribution is 0.954. The third-order valence-corrected chi connectivity index (χ3v) is 17.7. The summed E-state index contributed by atoms with van der Waals surface area (Å²) >= 11 is 0. The van der Waals surface area contributed by atoms with Crippen LogP contribution in [0, 0.1) is 0 Å². The largest absolute Gasteiger partial charge is 0.277 e. The Morgan fingerprint density at radius 1 is 0.155 bits per heavy atom. The van der Waals surface area contributed by atoms with Crippen LogP contribution in [0.2, 0.25) is 0 Å². The summed E-state index contributed by atoms with van der Waals surface area (Å²) in [5, 5.41) is 2.26. The van der Waals surface area contributed by atoms with Gasteiger partial charge in [0.05, 0.1) is 11.0 Å². The SMILES string of the molecule is c1ccc(-c2cccc(-c3nc(-c4ccccc4)nc(-c4ccc(-c5nc(-c6ccccc6)nc(-c6ccccc6)n5)cc4)n3)c2)cc1.c1ccc(-c2nc(-c3ccccc3)nc(-c3ccc(-c4nc(-c5ccccc5)nc(-n5c6ccccc6c6cccc(-c7ccccc7)c65)n4)cc3)n2)cc1. The molecule has 484 valence electrons. The summed E-state index contributed by atoms with van der Waals surface area (Å²) in [6.07, 6.45) is 0. The first-order chi connectivity index (χ1) is 51.0. The van der Waals surface area contributed by atoms with E-state index in [1.165, 1.54) is 0 Å². The van der Waals surface area contributed by atoms with E-state index >= 15 is 0 Å². The summed E-state index contributed by atoms with van der Waals surface area (Å²) in [6, 6.07) is 120. The zero-order valence-corrected chi connectivity index (χ0v) is 55.4. The van der Waals surface area contributed by atoms with Crippen LogP contribution < -0.4 is 0 Å². The van der Waals surface area contributed by atoms with Gasteiger partial charge in [0, 0.05) is 77.5 Å². The van der Waals surface area contributed by atoms with E-state index in [4.69, 9.17) is 59.8 Å². The Balaban J connectivity index is 0.000000154. The van der Waals surface area contributed by atoms with Gasteiger partial charge in [-0.2, -0.15) is 9.97 Å². The van der Waals surface area contributed by atoms with E-state index in [2.05, 4.69) is 95.6 Å². The fourth-order valence-corrected chi connectivity index (χ4v) is 12.6. The highest BCUT2D eigenvalue weighted by Gasteiger charge is 2.22. The molecule has 5 heterocycles. The summed E-state index contributed by atoms with van der Waals surface area (Å²) in [7, 11) is 0. The molecule has 0 N–H and O–H groups in total. The lowest BCUT2D eigenvalue weighted by Crippen LogP contribution is -2.07. The number of rotatable bonds is 14. The average molecular weight is 1320 g/mol. The molecule has 0 fully saturated rings. The van der Waals surface area contributed by atoms with Crippen molar-refractivity contribution in [3.8, 4) is 153 Å². The summed E-state index contributed by atoms with van der Waals surface area (Å²) in [4.78, 5) is 59.6. The van der Waals surface area contributed by atoms with E-state index in [1.807, 2.05) is 267 Å². The van der Waals surface area contributed by atoms with Gasteiger partial charge in [-0.05, 0) is 28.8 Å². The van der Waals surface area contributed by atoms with Gasteiger partial charge in [0.15, 0.2) is 64.1 Å². The smallest absolute Gasteiger partial charge is 0.238 e. The average Bonchev–Trinajstić information content (AvgIpc) is 1.58. The summed E-state index contributed by atoms with van der Waals surface area (Å²) in [5.74, 6) is 7.14. The zero-order valence-electron chi connectivity index (χ0n) is 55.4. The molecule has 0 atom stereocenters. The third-order valence-electron chi connectivity index (χ3n) is 17.7. The minimum absolute atomic E-state index is 0.542. The van der Waals surface area contributed by atoms with Crippen LogP contribution in [0.3, 0.4) is 0 Å². The molecule has 0 aliphatic rings. The highest BCUT2D eigenvalue weighted by atomic mass is 15.2. The van der Waals surface area contributed by atoms with Crippen LogP contribution in [-0.2, 0) is 0 Å². The number of nitrogens with zero attached hydrogens (tertiary/aromatic N) is 13. The predicted molar refractivity (Wildman–Crippen MR) is 411 cm³/mol.